The van der Waals surface area contributed by atoms with Gasteiger partial charge >= 0.3 is 0 Å². The molecule has 2 atom stereocenters. The highest BCUT2D eigenvalue weighted by Crippen LogP contribution is 2.27. The maximum absolute atomic E-state index is 11.9. The van der Waals surface area contributed by atoms with Gasteiger partial charge < -0.3 is 0 Å². The molecule has 19 heavy (non-hydrogen) atoms. The molecular formula is C17H21NO. The number of nitrogens with zero attached hydrogens (tertiary/aromatic N) is 1. The van der Waals surface area contributed by atoms with Gasteiger partial charge in [-0.05, 0) is 24.8 Å². The van der Waals surface area contributed by atoms with Gasteiger partial charge in [-0.25, -0.2) is 0 Å². The second kappa shape index (κ2) is 5.70. The van der Waals surface area contributed by atoms with Gasteiger partial charge in [0.2, 0.25) is 0 Å². The van der Waals surface area contributed by atoms with Crippen molar-refractivity contribution in [2.75, 3.05) is 6.54 Å². The van der Waals surface area contributed by atoms with Crippen LogP contribution < -0.4 is 0 Å². The second-order valence-corrected chi connectivity index (χ2v) is 5.65. The van der Waals surface area contributed by atoms with Crippen molar-refractivity contribution in [2.45, 2.75) is 44.2 Å². The van der Waals surface area contributed by atoms with Gasteiger partial charge in [0.15, 0.2) is 0 Å². The van der Waals surface area contributed by atoms with Crippen LogP contribution in [0, 0.1) is 0 Å². The fourth-order valence-electron chi connectivity index (χ4n) is 3.33. The smallest absolute Gasteiger partial charge is 0.136 e. The Labute approximate surface area is 115 Å². The van der Waals surface area contributed by atoms with Gasteiger partial charge in [0.05, 0.1) is 0 Å². The molecule has 0 radical (unpaired) electrons. The molecule has 1 aromatic carbocycles. The van der Waals surface area contributed by atoms with E-state index in [2.05, 4.69) is 47.4 Å². The Morgan fingerprint density at radius 1 is 1.16 bits per heavy atom. The zero-order chi connectivity index (χ0) is 13.1. The summed E-state index contributed by atoms with van der Waals surface area (Å²) in [7, 11) is 0. The Kier molecular flexibility index (Phi) is 3.79. The lowest BCUT2D eigenvalue weighted by Crippen LogP contribution is -2.50. The number of carbonyl (C=O) groups is 1. The fourth-order valence-corrected chi connectivity index (χ4v) is 3.33. The molecule has 2 aliphatic heterocycles. The average molecular weight is 255 g/mol. The molecule has 2 heteroatoms. The van der Waals surface area contributed by atoms with Crippen molar-refractivity contribution in [3.8, 4) is 0 Å². The van der Waals surface area contributed by atoms with Crippen LogP contribution in [0.5, 0.6) is 0 Å². The van der Waals surface area contributed by atoms with E-state index in [0.717, 1.165) is 38.6 Å². The lowest BCUT2D eigenvalue weighted by Gasteiger charge is -2.42. The molecule has 0 amide bonds. The molecule has 1 aromatic rings. The molecule has 0 spiro atoms. The topological polar surface area (TPSA) is 20.3 Å². The van der Waals surface area contributed by atoms with Crippen molar-refractivity contribution < 1.29 is 4.79 Å². The molecule has 0 aliphatic carbocycles. The van der Waals surface area contributed by atoms with Crippen molar-refractivity contribution in [3.05, 3.63) is 48.0 Å². The molecular weight excluding hydrogens is 234 g/mol. The maximum atomic E-state index is 11.9. The van der Waals surface area contributed by atoms with Gasteiger partial charge in [-0.15, -0.1) is 0 Å². The van der Waals surface area contributed by atoms with Gasteiger partial charge in [-0.1, -0.05) is 42.5 Å². The van der Waals surface area contributed by atoms with Gasteiger partial charge in [-0.3, -0.25) is 9.69 Å². The van der Waals surface area contributed by atoms with E-state index in [-0.39, 0.29) is 0 Å². The molecule has 2 aliphatic rings. The molecule has 0 N–H and O–H groups in total. The van der Waals surface area contributed by atoms with E-state index in [9.17, 15) is 4.79 Å². The Hall–Kier alpha value is -1.41. The summed E-state index contributed by atoms with van der Waals surface area (Å²) in [4.78, 5) is 14.4. The molecule has 2 nitrogen and oxygen atoms in total. The highest BCUT2D eigenvalue weighted by atomic mass is 16.1. The molecule has 100 valence electrons. The van der Waals surface area contributed by atoms with Crippen molar-refractivity contribution in [3.63, 3.8) is 0 Å². The summed E-state index contributed by atoms with van der Waals surface area (Å²) in [5.74, 6) is 0.436. The maximum Gasteiger partial charge on any atom is 0.136 e. The molecule has 0 aromatic heterocycles. The number of benzene rings is 1. The summed E-state index contributed by atoms with van der Waals surface area (Å²) in [6, 6.07) is 11.4. The zero-order valence-corrected chi connectivity index (χ0v) is 11.3. The highest BCUT2D eigenvalue weighted by molar-refractivity contribution is 5.80. The monoisotopic (exact) mass is 255 g/mol. The summed E-state index contributed by atoms with van der Waals surface area (Å²) >= 11 is 0. The highest BCUT2D eigenvalue weighted by Gasteiger charge is 2.33. The van der Waals surface area contributed by atoms with E-state index in [4.69, 9.17) is 0 Å². The number of hydrogen-bond donors (Lipinski definition) is 0. The minimum atomic E-state index is 0.371. The average Bonchev–Trinajstić information content (AvgIpc) is 2.45. The van der Waals surface area contributed by atoms with E-state index < -0.39 is 0 Å². The number of rotatable bonds is 3. The second-order valence-electron chi connectivity index (χ2n) is 5.65. The molecule has 0 unspecified atom stereocenters. The van der Waals surface area contributed by atoms with Crippen LogP contribution >= 0.6 is 0 Å². The van der Waals surface area contributed by atoms with Crippen molar-refractivity contribution in [2.24, 2.45) is 0 Å². The van der Waals surface area contributed by atoms with Crippen molar-refractivity contribution in [1.82, 2.24) is 4.90 Å². The van der Waals surface area contributed by atoms with Crippen LogP contribution in [0.2, 0.25) is 0 Å². The summed E-state index contributed by atoms with van der Waals surface area (Å²) in [5.41, 5.74) is 1.38. The zero-order valence-electron chi connectivity index (χ0n) is 11.3. The molecule has 0 bridgehead atoms. The van der Waals surface area contributed by atoms with Gasteiger partial charge in [0, 0.05) is 31.5 Å². The predicted molar refractivity (Wildman–Crippen MR) is 77.0 cm³/mol. The Balaban J connectivity index is 1.65. The number of fused-ring (bicyclic) bond motifs is 1. The number of carbonyl (C=O) groups excluding carboxylic acids is 1. The van der Waals surface area contributed by atoms with E-state index in [1.165, 1.54) is 5.56 Å². The molecule has 1 fully saturated rings. The summed E-state index contributed by atoms with van der Waals surface area (Å²) in [6.07, 6.45) is 9.23. The third kappa shape index (κ3) is 2.95. The first-order chi connectivity index (χ1) is 9.33. The number of piperidine rings is 1. The van der Waals surface area contributed by atoms with Crippen LogP contribution in [0.3, 0.4) is 0 Å². The van der Waals surface area contributed by atoms with Crippen molar-refractivity contribution >= 4 is 5.78 Å². The van der Waals surface area contributed by atoms with Crippen LogP contribution in [0.4, 0.5) is 0 Å². The minimum absolute atomic E-state index is 0.371. The van der Waals surface area contributed by atoms with E-state index in [0.29, 0.717) is 17.9 Å². The first kappa shape index (κ1) is 12.6. The van der Waals surface area contributed by atoms with Gasteiger partial charge in [0.1, 0.15) is 5.78 Å². The molecule has 0 saturated carbocycles. The fraction of sp³-hybridized carbons (Fsp3) is 0.471. The largest absolute Gasteiger partial charge is 0.300 e. The van der Waals surface area contributed by atoms with E-state index in [1.54, 1.807) is 0 Å². The number of Topliss-reactive ketones (excluding diaryl/α,β-unsaturated/α-hetero) is 1. The first-order valence-electron chi connectivity index (χ1n) is 7.31. The lowest BCUT2D eigenvalue weighted by atomic mass is 9.88. The number of ketones is 1. The summed E-state index contributed by atoms with van der Waals surface area (Å²) in [6.45, 7) is 1.12. The number of aryl methyl sites for hydroxylation is 1. The van der Waals surface area contributed by atoms with Crippen molar-refractivity contribution in [1.29, 1.82) is 0 Å². The van der Waals surface area contributed by atoms with Crippen LogP contribution in [-0.2, 0) is 11.2 Å². The molecule has 2 heterocycles. The lowest BCUT2D eigenvalue weighted by molar-refractivity contribution is -0.124. The standard InChI is InChI=1S/C17H21NO/c19-17-12-15-8-4-5-11-18(15)16(13-17)10-9-14-6-2-1-3-7-14/h1-4,6-8,15-16H,5,9-13H2/t15-,16-/m1/s1. The SMILES string of the molecule is O=C1C[C@@H](CCc2ccccc2)N2CCC=C[C@@H]2C1. The van der Waals surface area contributed by atoms with Crippen LogP contribution in [0.15, 0.2) is 42.5 Å². The molecule has 3 rings (SSSR count). The third-order valence-electron chi connectivity index (χ3n) is 4.32. The first-order valence-corrected chi connectivity index (χ1v) is 7.31. The molecule has 1 saturated heterocycles. The van der Waals surface area contributed by atoms with E-state index in [1.807, 2.05) is 0 Å². The summed E-state index contributed by atoms with van der Waals surface area (Å²) in [5, 5.41) is 0. The minimum Gasteiger partial charge on any atom is -0.300 e. The van der Waals surface area contributed by atoms with Crippen LogP contribution in [0.25, 0.3) is 0 Å². The van der Waals surface area contributed by atoms with Gasteiger partial charge in [0.25, 0.3) is 0 Å². The number of hydrogen-bond acceptors (Lipinski definition) is 2. The van der Waals surface area contributed by atoms with E-state index >= 15 is 0 Å². The Morgan fingerprint density at radius 2 is 2.00 bits per heavy atom. The quantitative estimate of drug-likeness (QED) is 0.774. The third-order valence-corrected chi connectivity index (χ3v) is 4.32. The Morgan fingerprint density at radius 3 is 2.84 bits per heavy atom. The summed E-state index contributed by atoms with van der Waals surface area (Å²) < 4.78 is 0. The Bertz CT molecular complexity index is 465. The van der Waals surface area contributed by atoms with Gasteiger partial charge in [-0.2, -0.15) is 0 Å². The van der Waals surface area contributed by atoms with Crippen LogP contribution in [-0.4, -0.2) is 29.3 Å². The predicted octanol–water partition coefficient (Wildman–Crippen LogP) is 2.98. The normalized spacial score (nSPS) is 27.3. The van der Waals surface area contributed by atoms with Crippen LogP contribution in [0.1, 0.15) is 31.2 Å².